The molecule has 2 aromatic carbocycles. The molecule has 0 saturated heterocycles. The van der Waals surface area contributed by atoms with Crippen LogP contribution in [0.1, 0.15) is 15.9 Å². The number of ketones is 1. The van der Waals surface area contributed by atoms with Gasteiger partial charge in [-0.15, -0.1) is 0 Å². The molecule has 138 valence electrons. The molecule has 1 N–H and O–H groups in total. The number of carboxylic acids is 1. The summed E-state index contributed by atoms with van der Waals surface area (Å²) in [5.41, 5.74) is -0.703. The largest absolute Gasteiger partial charge is 0.477 e. The van der Waals surface area contributed by atoms with Gasteiger partial charge < -0.3 is 14.6 Å². The summed E-state index contributed by atoms with van der Waals surface area (Å²) in [6.45, 7) is -0.598. The van der Waals surface area contributed by atoms with Gasteiger partial charge in [-0.05, 0) is 18.2 Å². The highest BCUT2D eigenvalue weighted by atomic mass is 35.5. The summed E-state index contributed by atoms with van der Waals surface area (Å²) in [5, 5.41) is 8.67. The summed E-state index contributed by atoms with van der Waals surface area (Å²) in [6, 6.07) is 10.2. The topological polar surface area (TPSA) is 72.8 Å². The first-order valence-electron chi connectivity index (χ1n) is 7.14. The van der Waals surface area contributed by atoms with Crippen molar-refractivity contribution < 1.29 is 37.3 Å². The summed E-state index contributed by atoms with van der Waals surface area (Å²) < 4.78 is 47.7. The summed E-state index contributed by atoms with van der Waals surface area (Å²) >= 11 is 5.70. The molecule has 1 atom stereocenters. The van der Waals surface area contributed by atoms with E-state index in [-0.39, 0.29) is 5.75 Å². The van der Waals surface area contributed by atoms with Crippen LogP contribution in [0.4, 0.5) is 13.2 Å². The molecule has 26 heavy (non-hydrogen) atoms. The summed E-state index contributed by atoms with van der Waals surface area (Å²) in [7, 11) is 0. The number of rotatable bonds is 7. The number of carboxylic acid groups (broad SMARTS) is 1. The average Bonchev–Trinajstić information content (AvgIpc) is 2.59. The molecule has 2 rings (SSSR count). The molecule has 9 heteroatoms. The first kappa shape index (κ1) is 19.7. The molecular formula is C17H12ClF3O5. The van der Waals surface area contributed by atoms with Crippen LogP contribution >= 0.6 is 11.6 Å². The van der Waals surface area contributed by atoms with Crippen LogP contribution < -0.4 is 4.74 Å². The van der Waals surface area contributed by atoms with E-state index in [0.29, 0.717) is 17.7 Å². The molecule has 0 saturated carbocycles. The molecule has 1 unspecified atom stereocenters. The van der Waals surface area contributed by atoms with Gasteiger partial charge >= 0.3 is 12.1 Å². The molecule has 5 nitrogen and oxygen atoms in total. The predicted octanol–water partition coefficient (Wildman–Crippen LogP) is 4.05. The highest BCUT2D eigenvalue weighted by Crippen LogP contribution is 2.35. The van der Waals surface area contributed by atoms with Crippen LogP contribution in [-0.4, -0.2) is 29.8 Å². The number of alkyl halides is 3. The molecule has 0 radical (unpaired) electrons. The molecule has 0 aromatic heterocycles. The number of ether oxygens (including phenoxy) is 2. The van der Waals surface area contributed by atoms with Gasteiger partial charge in [-0.1, -0.05) is 41.9 Å². The van der Waals surface area contributed by atoms with Crippen molar-refractivity contribution in [1.29, 1.82) is 0 Å². The van der Waals surface area contributed by atoms with Crippen LogP contribution in [0.15, 0.2) is 48.5 Å². The smallest absolute Gasteiger partial charge is 0.416 e. The number of carbonyl (C=O) groups is 2. The van der Waals surface area contributed by atoms with E-state index in [0.717, 1.165) is 6.07 Å². The molecule has 0 bridgehead atoms. The van der Waals surface area contributed by atoms with Crippen molar-refractivity contribution in [2.24, 2.45) is 0 Å². The van der Waals surface area contributed by atoms with E-state index in [4.69, 9.17) is 26.2 Å². The third kappa shape index (κ3) is 5.21. The number of benzene rings is 2. The van der Waals surface area contributed by atoms with Crippen molar-refractivity contribution in [2.75, 3.05) is 6.61 Å². The second kappa shape index (κ2) is 8.20. The fourth-order valence-electron chi connectivity index (χ4n) is 1.90. The lowest BCUT2D eigenvalue weighted by Gasteiger charge is -2.17. The van der Waals surface area contributed by atoms with Gasteiger partial charge in [0.15, 0.2) is 5.78 Å². The fraction of sp³-hybridized carbons (Fsp3) is 0.176. The van der Waals surface area contributed by atoms with Crippen LogP contribution in [-0.2, 0) is 15.7 Å². The van der Waals surface area contributed by atoms with E-state index in [1.54, 1.807) is 18.2 Å². The van der Waals surface area contributed by atoms with Gasteiger partial charge in [-0.2, -0.15) is 13.2 Å². The highest BCUT2D eigenvalue weighted by Gasteiger charge is 2.31. The lowest BCUT2D eigenvalue weighted by Crippen LogP contribution is -2.32. The Balaban J connectivity index is 2.07. The third-order valence-corrected chi connectivity index (χ3v) is 3.45. The van der Waals surface area contributed by atoms with Crippen molar-refractivity contribution in [2.45, 2.75) is 12.5 Å². The molecule has 0 aliphatic carbocycles. The maximum absolute atomic E-state index is 12.6. The second-order valence-electron chi connectivity index (χ2n) is 5.03. The molecule has 0 aliphatic rings. The maximum Gasteiger partial charge on any atom is 0.416 e. The van der Waals surface area contributed by atoms with Gasteiger partial charge in [-0.25, -0.2) is 4.79 Å². The standard InChI is InChI=1S/C17H12ClF3O5/c18-12-8-11(17(19,20)21)6-7-14(12)26-16(15(23)24)25-9-13(22)10-4-2-1-3-5-10/h1-8,16H,9H2,(H,23,24). The minimum absolute atomic E-state index is 0.309. The molecule has 2 aromatic rings. The molecule has 0 heterocycles. The monoisotopic (exact) mass is 388 g/mol. The Morgan fingerprint density at radius 2 is 1.77 bits per heavy atom. The van der Waals surface area contributed by atoms with E-state index in [1.807, 2.05) is 0 Å². The maximum atomic E-state index is 12.6. The Bertz CT molecular complexity index is 793. The van der Waals surface area contributed by atoms with Gasteiger partial charge in [0.2, 0.25) is 0 Å². The van der Waals surface area contributed by atoms with Crippen molar-refractivity contribution in [3.05, 3.63) is 64.7 Å². The van der Waals surface area contributed by atoms with Gasteiger partial charge in [-0.3, -0.25) is 4.79 Å². The zero-order chi connectivity index (χ0) is 19.3. The first-order valence-corrected chi connectivity index (χ1v) is 7.52. The van der Waals surface area contributed by atoms with Crippen LogP contribution in [0.25, 0.3) is 0 Å². The second-order valence-corrected chi connectivity index (χ2v) is 5.44. The quantitative estimate of drug-likeness (QED) is 0.572. The zero-order valence-electron chi connectivity index (χ0n) is 13.0. The summed E-state index contributed by atoms with van der Waals surface area (Å²) in [4.78, 5) is 23.1. The van der Waals surface area contributed by atoms with Crippen molar-refractivity contribution in [1.82, 2.24) is 0 Å². The fourth-order valence-corrected chi connectivity index (χ4v) is 2.13. The molecule has 0 fully saturated rings. The van der Waals surface area contributed by atoms with E-state index in [2.05, 4.69) is 0 Å². The van der Waals surface area contributed by atoms with Crippen LogP contribution in [0.5, 0.6) is 5.75 Å². The summed E-state index contributed by atoms with van der Waals surface area (Å²) in [5.74, 6) is -2.37. The van der Waals surface area contributed by atoms with Crippen LogP contribution in [0, 0.1) is 0 Å². The van der Waals surface area contributed by atoms with Crippen molar-refractivity contribution in [3.8, 4) is 5.75 Å². The van der Waals surface area contributed by atoms with Crippen molar-refractivity contribution in [3.63, 3.8) is 0 Å². The minimum Gasteiger partial charge on any atom is -0.477 e. The van der Waals surface area contributed by atoms with Gasteiger partial charge in [0.25, 0.3) is 6.29 Å². The Morgan fingerprint density at radius 1 is 1.12 bits per heavy atom. The van der Waals surface area contributed by atoms with E-state index < -0.39 is 41.4 Å². The minimum atomic E-state index is -4.60. The Labute approximate surface area is 150 Å². The molecule has 0 amide bonds. The Morgan fingerprint density at radius 3 is 2.31 bits per heavy atom. The van der Waals surface area contributed by atoms with Gasteiger partial charge in [0.05, 0.1) is 10.6 Å². The lowest BCUT2D eigenvalue weighted by molar-refractivity contribution is -0.169. The molecule has 0 aliphatic heterocycles. The van der Waals surface area contributed by atoms with Gasteiger partial charge in [0, 0.05) is 5.56 Å². The van der Waals surface area contributed by atoms with E-state index in [9.17, 15) is 22.8 Å². The number of hydrogen-bond donors (Lipinski definition) is 1. The molecular weight excluding hydrogens is 377 g/mol. The molecule has 0 spiro atoms. The zero-order valence-corrected chi connectivity index (χ0v) is 13.8. The number of Topliss-reactive ketones (excluding diaryl/α,β-unsaturated/α-hetero) is 1. The normalized spacial score (nSPS) is 12.5. The van der Waals surface area contributed by atoms with E-state index >= 15 is 0 Å². The van der Waals surface area contributed by atoms with Crippen molar-refractivity contribution >= 4 is 23.4 Å². The number of halogens is 4. The first-order chi connectivity index (χ1) is 12.2. The lowest BCUT2D eigenvalue weighted by atomic mass is 10.1. The Kier molecular flexibility index (Phi) is 6.23. The summed E-state index contributed by atoms with van der Waals surface area (Å²) in [6.07, 6.45) is -6.52. The Hall–Kier alpha value is -2.58. The number of aliphatic carboxylic acids is 1. The average molecular weight is 389 g/mol. The van der Waals surface area contributed by atoms with E-state index in [1.165, 1.54) is 12.1 Å². The third-order valence-electron chi connectivity index (χ3n) is 3.16. The predicted molar refractivity (Wildman–Crippen MR) is 85.2 cm³/mol. The van der Waals surface area contributed by atoms with Crippen LogP contribution in [0.2, 0.25) is 5.02 Å². The number of carbonyl (C=O) groups excluding carboxylic acids is 1. The van der Waals surface area contributed by atoms with Crippen LogP contribution in [0.3, 0.4) is 0 Å². The highest BCUT2D eigenvalue weighted by molar-refractivity contribution is 6.32. The van der Waals surface area contributed by atoms with Gasteiger partial charge in [0.1, 0.15) is 12.4 Å². The number of hydrogen-bond acceptors (Lipinski definition) is 4. The SMILES string of the molecule is O=C(COC(Oc1ccc(C(F)(F)F)cc1Cl)C(=O)O)c1ccccc1.